The highest BCUT2D eigenvalue weighted by Crippen LogP contribution is 2.21. The molecular weight excluding hydrogens is 438 g/mol. The fourth-order valence-corrected chi connectivity index (χ4v) is 4.98. The van der Waals surface area contributed by atoms with Crippen molar-refractivity contribution < 1.29 is 14.3 Å². The van der Waals surface area contributed by atoms with Crippen molar-refractivity contribution in [2.24, 2.45) is 0 Å². The summed E-state index contributed by atoms with van der Waals surface area (Å²) in [5, 5.41) is 0. The number of hydrogen-bond acceptors (Lipinski definition) is 4. The van der Waals surface area contributed by atoms with Gasteiger partial charge in [-0.05, 0) is 19.3 Å². The fourth-order valence-electron chi connectivity index (χ4n) is 4.98. The Kier molecular flexibility index (Phi) is 15.8. The van der Waals surface area contributed by atoms with E-state index in [1.165, 1.54) is 103 Å². The molecule has 0 saturated carbocycles. The lowest BCUT2D eigenvalue weighted by Crippen LogP contribution is -2.29. The van der Waals surface area contributed by atoms with Crippen molar-refractivity contribution >= 4 is 5.78 Å². The van der Waals surface area contributed by atoms with E-state index in [1.54, 1.807) is 6.20 Å². The average molecular weight is 490 g/mol. The Bertz CT molecular complexity index is 751. The van der Waals surface area contributed by atoms with Crippen molar-refractivity contribution in [1.82, 2.24) is 4.57 Å². The summed E-state index contributed by atoms with van der Waals surface area (Å²) in [5.41, 5.74) is 0.139. The van der Waals surface area contributed by atoms with E-state index in [9.17, 15) is 9.59 Å². The molecule has 1 fully saturated rings. The smallest absolute Gasteiger partial charge is 0.224 e. The lowest BCUT2D eigenvalue weighted by molar-refractivity contribution is -0.106. The largest absolute Gasteiger partial charge is 0.458 e. The van der Waals surface area contributed by atoms with Gasteiger partial charge in [0.25, 0.3) is 0 Å². The Balaban J connectivity index is 1.58. The van der Waals surface area contributed by atoms with E-state index in [1.807, 2.05) is 4.57 Å². The second-order valence-corrected chi connectivity index (χ2v) is 10.3. The molecule has 1 aliphatic rings. The summed E-state index contributed by atoms with van der Waals surface area (Å²) < 4.78 is 13.4. The molecule has 0 spiro atoms. The maximum absolute atomic E-state index is 12.4. The van der Waals surface area contributed by atoms with Gasteiger partial charge in [0.15, 0.2) is 17.8 Å². The fraction of sp³-hybridized carbons (Fsp3) is 0.800. The number of carbonyl (C=O) groups excluding carboxylic acids is 1. The molecule has 0 amide bonds. The number of nitrogens with zero attached hydrogens (tertiary/aromatic N) is 1. The minimum Gasteiger partial charge on any atom is -0.458 e. The summed E-state index contributed by atoms with van der Waals surface area (Å²) >= 11 is 0. The maximum atomic E-state index is 12.4. The Hall–Kier alpha value is -1.62. The summed E-state index contributed by atoms with van der Waals surface area (Å²) in [4.78, 5) is 24.8. The molecule has 35 heavy (non-hydrogen) atoms. The minimum atomic E-state index is -0.430. The molecule has 2 rings (SSSR count). The van der Waals surface area contributed by atoms with Crippen LogP contribution in [0.1, 0.15) is 146 Å². The summed E-state index contributed by atoms with van der Waals surface area (Å²) in [6, 6.07) is 1.51. The molecule has 0 aliphatic carbocycles. The van der Waals surface area contributed by atoms with Crippen LogP contribution in [0.3, 0.4) is 0 Å². The molecule has 1 unspecified atom stereocenters. The first kappa shape index (κ1) is 29.6. The normalized spacial score (nSPS) is 15.9. The minimum absolute atomic E-state index is 0.134. The summed E-state index contributed by atoms with van der Waals surface area (Å²) in [6.07, 6.45) is 25.5. The predicted molar refractivity (Wildman–Crippen MR) is 144 cm³/mol. The van der Waals surface area contributed by atoms with Crippen LogP contribution >= 0.6 is 0 Å². The summed E-state index contributed by atoms with van der Waals surface area (Å²) in [6.45, 7) is 5.16. The highest BCUT2D eigenvalue weighted by molar-refractivity contribution is 5.95. The highest BCUT2D eigenvalue weighted by atomic mass is 16.7. The van der Waals surface area contributed by atoms with Gasteiger partial charge in [0.2, 0.25) is 5.43 Å². The van der Waals surface area contributed by atoms with E-state index >= 15 is 0 Å². The number of pyridine rings is 1. The lowest BCUT2D eigenvalue weighted by atomic mass is 10.0. The monoisotopic (exact) mass is 489 g/mol. The predicted octanol–water partition coefficient (Wildman–Crippen LogP) is 8.22. The van der Waals surface area contributed by atoms with Crippen LogP contribution in [0.25, 0.3) is 0 Å². The number of Topliss-reactive ketones (excluding diaryl/α,β-unsaturated/α-hetero) is 1. The topological polar surface area (TPSA) is 57.5 Å². The second-order valence-electron chi connectivity index (χ2n) is 10.3. The van der Waals surface area contributed by atoms with Gasteiger partial charge in [-0.25, -0.2) is 0 Å². The quantitative estimate of drug-likeness (QED) is 0.137. The van der Waals surface area contributed by atoms with Gasteiger partial charge in [-0.2, -0.15) is 0 Å². The highest BCUT2D eigenvalue weighted by Gasteiger charge is 2.22. The Morgan fingerprint density at radius 3 is 1.91 bits per heavy atom. The van der Waals surface area contributed by atoms with Gasteiger partial charge in [0.1, 0.15) is 5.69 Å². The number of ketones is 1. The number of carbonyl (C=O) groups is 1. The molecule has 5 heteroatoms. The maximum Gasteiger partial charge on any atom is 0.224 e. The number of rotatable bonds is 20. The zero-order valence-electron chi connectivity index (χ0n) is 22.7. The molecule has 1 aliphatic heterocycles. The molecule has 0 aromatic carbocycles. The van der Waals surface area contributed by atoms with Crippen LogP contribution in [0.5, 0.6) is 5.75 Å². The van der Waals surface area contributed by atoms with E-state index in [-0.39, 0.29) is 17.0 Å². The Morgan fingerprint density at radius 1 is 0.886 bits per heavy atom. The van der Waals surface area contributed by atoms with E-state index in [0.29, 0.717) is 12.3 Å². The van der Waals surface area contributed by atoms with Crippen LogP contribution in [-0.2, 0) is 11.3 Å². The third-order valence-corrected chi connectivity index (χ3v) is 7.11. The van der Waals surface area contributed by atoms with E-state index < -0.39 is 6.29 Å². The first-order chi connectivity index (χ1) is 17.1. The molecule has 1 saturated heterocycles. The van der Waals surface area contributed by atoms with Crippen molar-refractivity contribution in [3.8, 4) is 5.75 Å². The summed E-state index contributed by atoms with van der Waals surface area (Å²) in [5.74, 6) is 0.0217. The SMILES string of the molecule is CCCCCCCCCCCCCCCCCCn1ccc(=O)c(OC2CCCCO2)c1C(C)=O. The first-order valence-corrected chi connectivity index (χ1v) is 14.7. The molecule has 1 aromatic heterocycles. The third-order valence-electron chi connectivity index (χ3n) is 7.11. The molecular formula is C30H51NO4. The van der Waals surface area contributed by atoms with Gasteiger partial charge in [0, 0.05) is 32.2 Å². The average Bonchev–Trinajstić information content (AvgIpc) is 2.86. The van der Waals surface area contributed by atoms with E-state index in [4.69, 9.17) is 9.47 Å². The summed E-state index contributed by atoms with van der Waals surface area (Å²) in [7, 11) is 0. The second kappa shape index (κ2) is 18.6. The lowest BCUT2D eigenvalue weighted by Gasteiger charge is -2.24. The van der Waals surface area contributed by atoms with Crippen molar-refractivity contribution in [2.75, 3.05) is 6.61 Å². The van der Waals surface area contributed by atoms with Gasteiger partial charge < -0.3 is 14.0 Å². The molecule has 1 aromatic rings. The third kappa shape index (κ3) is 12.3. The molecule has 0 radical (unpaired) electrons. The Morgan fingerprint density at radius 2 is 1.43 bits per heavy atom. The molecule has 0 N–H and O–H groups in total. The van der Waals surface area contributed by atoms with Crippen molar-refractivity contribution in [1.29, 1.82) is 0 Å². The van der Waals surface area contributed by atoms with Gasteiger partial charge in [-0.3, -0.25) is 9.59 Å². The van der Waals surface area contributed by atoms with E-state index in [0.717, 1.165) is 38.6 Å². The Labute approximate surface area is 214 Å². The van der Waals surface area contributed by atoms with Gasteiger partial charge in [-0.15, -0.1) is 0 Å². The van der Waals surface area contributed by atoms with Crippen molar-refractivity contribution in [2.45, 2.75) is 149 Å². The number of aryl methyl sites for hydroxylation is 1. The van der Waals surface area contributed by atoms with Gasteiger partial charge >= 0.3 is 0 Å². The molecule has 1 atom stereocenters. The zero-order valence-corrected chi connectivity index (χ0v) is 22.7. The van der Waals surface area contributed by atoms with Crippen LogP contribution in [0.2, 0.25) is 0 Å². The zero-order chi connectivity index (χ0) is 25.1. The molecule has 0 bridgehead atoms. The first-order valence-electron chi connectivity index (χ1n) is 14.7. The molecule has 200 valence electrons. The van der Waals surface area contributed by atoms with Crippen molar-refractivity contribution in [3.63, 3.8) is 0 Å². The van der Waals surface area contributed by atoms with Crippen LogP contribution in [0.15, 0.2) is 17.1 Å². The van der Waals surface area contributed by atoms with Crippen LogP contribution < -0.4 is 10.2 Å². The van der Waals surface area contributed by atoms with Gasteiger partial charge in [0.05, 0.1) is 6.61 Å². The number of unbranched alkanes of at least 4 members (excludes halogenated alkanes) is 15. The van der Waals surface area contributed by atoms with Crippen molar-refractivity contribution in [3.05, 3.63) is 28.2 Å². The molecule has 5 nitrogen and oxygen atoms in total. The van der Waals surface area contributed by atoms with Gasteiger partial charge in [-0.1, -0.05) is 103 Å². The van der Waals surface area contributed by atoms with Crippen LogP contribution in [0, 0.1) is 0 Å². The number of ether oxygens (including phenoxy) is 2. The van der Waals surface area contributed by atoms with Crippen LogP contribution in [0.4, 0.5) is 0 Å². The van der Waals surface area contributed by atoms with E-state index in [2.05, 4.69) is 6.92 Å². The standard InChI is InChI=1S/C30H51NO4/c1-3-4-5-6-7-8-9-10-11-12-13-14-15-16-17-19-23-31-24-22-27(33)30(29(31)26(2)32)35-28-21-18-20-25-34-28/h22,24,28H,3-21,23,25H2,1-2H3. The molecule has 2 heterocycles. The van der Waals surface area contributed by atoms with Crippen LogP contribution in [-0.4, -0.2) is 23.2 Å². The number of hydrogen-bond donors (Lipinski definition) is 0. The number of aromatic nitrogens is 1.